The molecule has 0 unspecified atom stereocenters. The lowest BCUT2D eigenvalue weighted by atomic mass is 10.3. The van der Waals surface area contributed by atoms with E-state index in [0.717, 1.165) is 5.56 Å². The first-order chi connectivity index (χ1) is 6.86. The Morgan fingerprint density at radius 3 is 2.93 bits per heavy atom. The van der Waals surface area contributed by atoms with Crippen molar-refractivity contribution in [2.75, 3.05) is 11.1 Å². The van der Waals surface area contributed by atoms with Crippen molar-refractivity contribution in [3.05, 3.63) is 36.5 Å². The molecule has 2 rings (SSSR count). The Morgan fingerprint density at radius 1 is 1.36 bits per heavy atom. The molecule has 0 aliphatic rings. The quantitative estimate of drug-likeness (QED) is 0.762. The molecule has 0 aliphatic heterocycles. The Hall–Kier alpha value is -2.04. The van der Waals surface area contributed by atoms with E-state index in [9.17, 15) is 0 Å². The number of nitrogens with zero attached hydrogens (tertiary/aromatic N) is 2. The maximum atomic E-state index is 5.60. The largest absolute Gasteiger partial charge is 0.472 e. The van der Waals surface area contributed by atoms with Crippen LogP contribution in [-0.4, -0.2) is 9.97 Å². The van der Waals surface area contributed by atoms with Crippen molar-refractivity contribution in [1.82, 2.24) is 9.97 Å². The van der Waals surface area contributed by atoms with Crippen LogP contribution in [0.15, 0.2) is 35.4 Å². The van der Waals surface area contributed by atoms with Crippen LogP contribution in [-0.2, 0) is 6.54 Å². The van der Waals surface area contributed by atoms with Crippen molar-refractivity contribution in [2.45, 2.75) is 6.54 Å². The second-order valence-corrected chi connectivity index (χ2v) is 2.78. The van der Waals surface area contributed by atoms with Gasteiger partial charge in [0, 0.05) is 24.5 Å². The van der Waals surface area contributed by atoms with Crippen molar-refractivity contribution in [3.63, 3.8) is 0 Å². The lowest BCUT2D eigenvalue weighted by molar-refractivity contribution is 0.564. The first kappa shape index (κ1) is 8.55. The second kappa shape index (κ2) is 3.78. The van der Waals surface area contributed by atoms with Gasteiger partial charge in [0.05, 0.1) is 12.5 Å². The van der Waals surface area contributed by atoms with E-state index in [1.54, 1.807) is 24.9 Å². The van der Waals surface area contributed by atoms with Gasteiger partial charge < -0.3 is 15.5 Å². The third-order valence-corrected chi connectivity index (χ3v) is 1.77. The molecule has 5 nitrogen and oxygen atoms in total. The normalized spacial score (nSPS) is 10.0. The van der Waals surface area contributed by atoms with Crippen LogP contribution >= 0.6 is 0 Å². The van der Waals surface area contributed by atoms with E-state index in [2.05, 4.69) is 15.3 Å². The topological polar surface area (TPSA) is 77.0 Å². The molecule has 72 valence electrons. The third-order valence-electron chi connectivity index (χ3n) is 1.77. The standard InChI is InChI=1S/C9H10N4O/c10-8-9(12-3-2-11-8)13-5-7-1-4-14-6-7/h1-4,6H,5H2,(H2,10,11)(H,12,13). The fourth-order valence-corrected chi connectivity index (χ4v) is 1.06. The minimum Gasteiger partial charge on any atom is -0.472 e. The summed E-state index contributed by atoms with van der Waals surface area (Å²) in [5, 5.41) is 3.06. The van der Waals surface area contributed by atoms with Crippen LogP contribution in [0.25, 0.3) is 0 Å². The molecule has 2 heterocycles. The Kier molecular flexibility index (Phi) is 2.31. The molecule has 0 saturated heterocycles. The van der Waals surface area contributed by atoms with Gasteiger partial charge in [0.15, 0.2) is 11.6 Å². The maximum absolute atomic E-state index is 5.60. The van der Waals surface area contributed by atoms with Gasteiger partial charge in [0.2, 0.25) is 0 Å². The fraction of sp³-hybridized carbons (Fsp3) is 0.111. The van der Waals surface area contributed by atoms with Crippen molar-refractivity contribution >= 4 is 11.6 Å². The van der Waals surface area contributed by atoms with Gasteiger partial charge in [0.25, 0.3) is 0 Å². The molecule has 0 bridgehead atoms. The number of anilines is 2. The molecule has 2 aromatic heterocycles. The van der Waals surface area contributed by atoms with Gasteiger partial charge in [-0.05, 0) is 6.07 Å². The molecule has 0 spiro atoms. The van der Waals surface area contributed by atoms with E-state index in [1.807, 2.05) is 6.07 Å². The highest BCUT2D eigenvalue weighted by atomic mass is 16.3. The van der Waals surface area contributed by atoms with Gasteiger partial charge in [-0.25, -0.2) is 9.97 Å². The van der Waals surface area contributed by atoms with Gasteiger partial charge in [-0.15, -0.1) is 0 Å². The summed E-state index contributed by atoms with van der Waals surface area (Å²) in [5.41, 5.74) is 6.64. The zero-order valence-corrected chi connectivity index (χ0v) is 7.47. The fourth-order valence-electron chi connectivity index (χ4n) is 1.06. The Balaban J connectivity index is 2.02. The van der Waals surface area contributed by atoms with Crippen LogP contribution < -0.4 is 11.1 Å². The minimum atomic E-state index is 0.399. The highest BCUT2D eigenvalue weighted by Gasteiger charge is 2.00. The molecule has 0 aromatic carbocycles. The van der Waals surface area contributed by atoms with Crippen LogP contribution in [0.1, 0.15) is 5.56 Å². The molecule has 5 heteroatoms. The Labute approximate surface area is 81.0 Å². The van der Waals surface area contributed by atoms with Gasteiger partial charge >= 0.3 is 0 Å². The van der Waals surface area contributed by atoms with E-state index in [4.69, 9.17) is 10.2 Å². The van der Waals surface area contributed by atoms with Crippen LogP contribution in [0.2, 0.25) is 0 Å². The summed E-state index contributed by atoms with van der Waals surface area (Å²) in [5.74, 6) is 0.990. The monoisotopic (exact) mass is 190 g/mol. The molecule has 2 aromatic rings. The van der Waals surface area contributed by atoms with Crippen molar-refractivity contribution < 1.29 is 4.42 Å². The summed E-state index contributed by atoms with van der Waals surface area (Å²) >= 11 is 0. The summed E-state index contributed by atoms with van der Waals surface area (Å²) in [7, 11) is 0. The number of nitrogen functional groups attached to an aromatic ring is 1. The van der Waals surface area contributed by atoms with E-state index in [1.165, 1.54) is 0 Å². The molecule has 0 saturated carbocycles. The van der Waals surface area contributed by atoms with Crippen LogP contribution in [0, 0.1) is 0 Å². The number of hydrogen-bond donors (Lipinski definition) is 2. The van der Waals surface area contributed by atoms with Crippen molar-refractivity contribution in [3.8, 4) is 0 Å². The zero-order valence-electron chi connectivity index (χ0n) is 7.47. The first-order valence-electron chi connectivity index (χ1n) is 4.17. The molecular weight excluding hydrogens is 180 g/mol. The highest BCUT2D eigenvalue weighted by Crippen LogP contribution is 2.11. The lowest BCUT2D eigenvalue weighted by Crippen LogP contribution is -2.04. The van der Waals surface area contributed by atoms with E-state index in [0.29, 0.717) is 18.2 Å². The summed E-state index contributed by atoms with van der Waals surface area (Å²) in [6.07, 6.45) is 6.43. The average Bonchev–Trinajstić information content (AvgIpc) is 2.69. The van der Waals surface area contributed by atoms with Gasteiger partial charge in [-0.1, -0.05) is 0 Å². The van der Waals surface area contributed by atoms with Gasteiger partial charge in [-0.3, -0.25) is 0 Å². The lowest BCUT2D eigenvalue weighted by Gasteiger charge is -2.04. The van der Waals surface area contributed by atoms with Crippen molar-refractivity contribution in [2.24, 2.45) is 0 Å². The third kappa shape index (κ3) is 1.82. The van der Waals surface area contributed by atoms with Crippen LogP contribution in [0.5, 0.6) is 0 Å². The number of aromatic nitrogens is 2. The minimum absolute atomic E-state index is 0.399. The molecular formula is C9H10N4O. The Bertz CT molecular complexity index is 399. The molecule has 0 amide bonds. The van der Waals surface area contributed by atoms with Gasteiger partial charge in [-0.2, -0.15) is 0 Å². The smallest absolute Gasteiger partial charge is 0.169 e. The number of hydrogen-bond acceptors (Lipinski definition) is 5. The average molecular weight is 190 g/mol. The van der Waals surface area contributed by atoms with E-state index >= 15 is 0 Å². The highest BCUT2D eigenvalue weighted by molar-refractivity contribution is 5.54. The van der Waals surface area contributed by atoms with Gasteiger partial charge in [0.1, 0.15) is 0 Å². The Morgan fingerprint density at radius 2 is 2.21 bits per heavy atom. The second-order valence-electron chi connectivity index (χ2n) is 2.78. The van der Waals surface area contributed by atoms with Crippen molar-refractivity contribution in [1.29, 1.82) is 0 Å². The summed E-state index contributed by atoms with van der Waals surface area (Å²) < 4.78 is 4.93. The summed E-state index contributed by atoms with van der Waals surface area (Å²) in [6, 6.07) is 1.87. The number of rotatable bonds is 3. The predicted octanol–water partition coefficient (Wildman–Crippen LogP) is 1.26. The zero-order chi connectivity index (χ0) is 9.80. The van der Waals surface area contributed by atoms with E-state index in [-0.39, 0.29) is 0 Å². The first-order valence-corrected chi connectivity index (χ1v) is 4.17. The number of furan rings is 1. The molecule has 14 heavy (non-hydrogen) atoms. The molecule has 3 N–H and O–H groups in total. The number of nitrogens with two attached hydrogens (primary N) is 1. The maximum Gasteiger partial charge on any atom is 0.169 e. The molecule has 0 aliphatic carbocycles. The van der Waals surface area contributed by atoms with Crippen LogP contribution in [0.3, 0.4) is 0 Å². The molecule has 0 atom stereocenters. The van der Waals surface area contributed by atoms with E-state index < -0.39 is 0 Å². The summed E-state index contributed by atoms with van der Waals surface area (Å²) in [4.78, 5) is 7.96. The number of nitrogens with one attached hydrogen (secondary N) is 1. The molecule has 0 radical (unpaired) electrons. The summed E-state index contributed by atoms with van der Waals surface area (Å²) in [6.45, 7) is 0.624. The van der Waals surface area contributed by atoms with Crippen LogP contribution in [0.4, 0.5) is 11.6 Å². The molecule has 0 fully saturated rings. The predicted molar refractivity (Wildman–Crippen MR) is 52.5 cm³/mol. The SMILES string of the molecule is Nc1nccnc1NCc1ccoc1.